The van der Waals surface area contributed by atoms with Crippen LogP contribution in [-0.4, -0.2) is 54.0 Å². The van der Waals surface area contributed by atoms with Crippen LogP contribution < -0.4 is 5.32 Å². The molecule has 0 radical (unpaired) electrons. The highest BCUT2D eigenvalue weighted by Gasteiger charge is 2.43. The van der Waals surface area contributed by atoms with E-state index in [1.165, 1.54) is 23.1 Å². The van der Waals surface area contributed by atoms with Gasteiger partial charge in [-0.1, -0.05) is 40.2 Å². The van der Waals surface area contributed by atoms with Gasteiger partial charge in [0.15, 0.2) is 0 Å². The summed E-state index contributed by atoms with van der Waals surface area (Å²) in [6.45, 7) is 4.56. The summed E-state index contributed by atoms with van der Waals surface area (Å²) in [6, 6.07) is 12.1. The first-order valence-corrected chi connectivity index (χ1v) is 12.3. The number of carbonyl (C=O) groups excluding carboxylic acids is 3. The summed E-state index contributed by atoms with van der Waals surface area (Å²) in [5.74, 6) is -1.78. The molecular formula is C22H24BrN3O5S. The summed E-state index contributed by atoms with van der Waals surface area (Å²) in [5, 5.41) is 2.77. The second-order valence-corrected chi connectivity index (χ2v) is 10.6. The lowest BCUT2D eigenvalue weighted by molar-refractivity contribution is -0.140. The molecule has 170 valence electrons. The van der Waals surface area contributed by atoms with E-state index in [1.807, 2.05) is 6.07 Å². The van der Waals surface area contributed by atoms with Crippen LogP contribution in [0.2, 0.25) is 0 Å². The van der Waals surface area contributed by atoms with Gasteiger partial charge in [-0.05, 0) is 50.6 Å². The van der Waals surface area contributed by atoms with E-state index in [2.05, 4.69) is 21.2 Å². The third kappa shape index (κ3) is 4.86. The molecule has 0 saturated carbocycles. The van der Waals surface area contributed by atoms with Gasteiger partial charge in [-0.25, -0.2) is 12.7 Å². The van der Waals surface area contributed by atoms with Crippen LogP contribution in [0.5, 0.6) is 0 Å². The number of halogens is 1. The SMILES string of the molecule is CC(C)NC(=O)[C@@H](C)N(Cc1cccc(Br)c1)C(=O)CN1C(=O)c2ccccc2S1(=O)=O. The fourth-order valence-electron chi connectivity index (χ4n) is 3.42. The minimum absolute atomic E-state index is 0.0319. The molecule has 1 aliphatic rings. The molecule has 0 saturated heterocycles. The van der Waals surface area contributed by atoms with Crippen molar-refractivity contribution in [1.82, 2.24) is 14.5 Å². The van der Waals surface area contributed by atoms with Gasteiger partial charge in [-0.3, -0.25) is 14.4 Å². The summed E-state index contributed by atoms with van der Waals surface area (Å²) >= 11 is 3.38. The summed E-state index contributed by atoms with van der Waals surface area (Å²) in [5.41, 5.74) is 0.778. The maximum Gasteiger partial charge on any atom is 0.269 e. The molecule has 1 atom stereocenters. The van der Waals surface area contributed by atoms with E-state index in [0.717, 1.165) is 10.0 Å². The summed E-state index contributed by atoms with van der Waals surface area (Å²) in [6.07, 6.45) is 0. The molecule has 2 aromatic carbocycles. The third-order valence-corrected chi connectivity index (χ3v) is 7.31. The number of nitrogens with zero attached hydrogens (tertiary/aromatic N) is 2. The van der Waals surface area contributed by atoms with E-state index in [4.69, 9.17) is 0 Å². The summed E-state index contributed by atoms with van der Waals surface area (Å²) < 4.78 is 27.1. The molecule has 1 heterocycles. The Morgan fingerprint density at radius 1 is 1.09 bits per heavy atom. The zero-order chi connectivity index (χ0) is 23.6. The minimum atomic E-state index is -4.14. The van der Waals surface area contributed by atoms with Crippen LogP contribution in [0.15, 0.2) is 57.9 Å². The average molecular weight is 522 g/mol. The van der Waals surface area contributed by atoms with E-state index in [-0.39, 0.29) is 29.0 Å². The molecule has 0 aromatic heterocycles. The summed E-state index contributed by atoms with van der Waals surface area (Å²) in [7, 11) is -4.14. The Kier molecular flexibility index (Phi) is 7.04. The molecule has 1 aliphatic heterocycles. The lowest BCUT2D eigenvalue weighted by atomic mass is 10.1. The standard InChI is InChI=1S/C22H24BrN3O5S/c1-14(2)24-21(28)15(3)25(12-16-7-6-8-17(23)11-16)20(27)13-26-22(29)18-9-4-5-10-19(18)32(26,30)31/h4-11,14-15H,12-13H2,1-3H3,(H,24,28)/t15-/m1/s1. The van der Waals surface area contributed by atoms with Crippen LogP contribution >= 0.6 is 15.9 Å². The first kappa shape index (κ1) is 23.9. The third-order valence-electron chi connectivity index (χ3n) is 5.03. The Labute approximate surface area is 195 Å². The van der Waals surface area contributed by atoms with Gasteiger partial charge in [-0.15, -0.1) is 0 Å². The van der Waals surface area contributed by atoms with Crippen molar-refractivity contribution in [3.05, 3.63) is 64.1 Å². The van der Waals surface area contributed by atoms with E-state index in [0.29, 0.717) is 4.31 Å². The molecule has 0 unspecified atom stereocenters. The molecule has 0 bridgehead atoms. The highest BCUT2D eigenvalue weighted by atomic mass is 79.9. The molecule has 32 heavy (non-hydrogen) atoms. The number of rotatable bonds is 7. The number of benzene rings is 2. The number of amides is 3. The van der Waals surface area contributed by atoms with Gasteiger partial charge >= 0.3 is 0 Å². The Morgan fingerprint density at radius 2 is 1.78 bits per heavy atom. The summed E-state index contributed by atoms with van der Waals surface area (Å²) in [4.78, 5) is 39.8. The fourth-order valence-corrected chi connectivity index (χ4v) is 5.39. The van der Waals surface area contributed by atoms with Gasteiger partial charge in [0.05, 0.1) is 5.56 Å². The van der Waals surface area contributed by atoms with Crippen LogP contribution in [0.25, 0.3) is 0 Å². The molecule has 2 aromatic rings. The zero-order valence-electron chi connectivity index (χ0n) is 17.9. The molecule has 0 fully saturated rings. The predicted octanol–water partition coefficient (Wildman–Crippen LogP) is 2.54. The van der Waals surface area contributed by atoms with Gasteiger partial charge in [0.2, 0.25) is 11.8 Å². The number of carbonyl (C=O) groups is 3. The molecule has 3 rings (SSSR count). The smallest absolute Gasteiger partial charge is 0.269 e. The molecule has 0 aliphatic carbocycles. The normalized spacial score (nSPS) is 15.4. The van der Waals surface area contributed by atoms with Gasteiger partial charge in [0.25, 0.3) is 15.9 Å². The topological polar surface area (TPSA) is 104 Å². The molecule has 8 nitrogen and oxygen atoms in total. The van der Waals surface area contributed by atoms with Gasteiger partial charge in [0, 0.05) is 17.1 Å². The van der Waals surface area contributed by atoms with E-state index in [1.54, 1.807) is 45.0 Å². The number of nitrogens with one attached hydrogen (secondary N) is 1. The Morgan fingerprint density at radius 3 is 2.41 bits per heavy atom. The minimum Gasteiger partial charge on any atom is -0.352 e. The number of fused-ring (bicyclic) bond motifs is 1. The van der Waals surface area contributed by atoms with Crippen molar-refractivity contribution in [3.8, 4) is 0 Å². The Bertz CT molecular complexity index is 1170. The number of hydrogen-bond acceptors (Lipinski definition) is 5. The van der Waals surface area contributed by atoms with Crippen molar-refractivity contribution >= 4 is 43.7 Å². The first-order chi connectivity index (χ1) is 15.0. The van der Waals surface area contributed by atoms with Crippen molar-refractivity contribution in [1.29, 1.82) is 0 Å². The van der Waals surface area contributed by atoms with Crippen LogP contribution in [0.4, 0.5) is 0 Å². The Balaban J connectivity index is 1.90. The predicted molar refractivity (Wildman–Crippen MR) is 122 cm³/mol. The lowest BCUT2D eigenvalue weighted by Crippen LogP contribution is -2.52. The second-order valence-electron chi connectivity index (χ2n) is 7.80. The monoisotopic (exact) mass is 521 g/mol. The highest BCUT2D eigenvalue weighted by molar-refractivity contribution is 9.10. The van der Waals surface area contributed by atoms with Crippen LogP contribution in [0.1, 0.15) is 36.7 Å². The van der Waals surface area contributed by atoms with E-state index >= 15 is 0 Å². The van der Waals surface area contributed by atoms with Crippen LogP contribution in [0.3, 0.4) is 0 Å². The lowest BCUT2D eigenvalue weighted by Gasteiger charge is -2.30. The Hall–Kier alpha value is -2.72. The van der Waals surface area contributed by atoms with Crippen molar-refractivity contribution in [2.24, 2.45) is 0 Å². The fraction of sp³-hybridized carbons (Fsp3) is 0.318. The van der Waals surface area contributed by atoms with Crippen molar-refractivity contribution in [3.63, 3.8) is 0 Å². The van der Waals surface area contributed by atoms with Gasteiger partial charge in [0.1, 0.15) is 17.5 Å². The van der Waals surface area contributed by atoms with Crippen LogP contribution in [0, 0.1) is 0 Å². The van der Waals surface area contributed by atoms with Crippen molar-refractivity contribution in [2.75, 3.05) is 6.54 Å². The maximum atomic E-state index is 13.3. The van der Waals surface area contributed by atoms with Gasteiger partial charge in [-0.2, -0.15) is 0 Å². The van der Waals surface area contributed by atoms with Crippen molar-refractivity contribution < 1.29 is 22.8 Å². The number of hydrogen-bond donors (Lipinski definition) is 1. The highest BCUT2D eigenvalue weighted by Crippen LogP contribution is 2.30. The maximum absolute atomic E-state index is 13.3. The van der Waals surface area contributed by atoms with Crippen molar-refractivity contribution in [2.45, 2.75) is 44.3 Å². The quantitative estimate of drug-likeness (QED) is 0.602. The second kappa shape index (κ2) is 9.41. The molecule has 1 N–H and O–H groups in total. The molecule has 10 heteroatoms. The molecule has 3 amide bonds. The number of sulfonamides is 1. The van der Waals surface area contributed by atoms with Crippen LogP contribution in [-0.2, 0) is 26.2 Å². The zero-order valence-corrected chi connectivity index (χ0v) is 20.3. The molecular weight excluding hydrogens is 498 g/mol. The van der Waals surface area contributed by atoms with Gasteiger partial charge < -0.3 is 10.2 Å². The molecule has 0 spiro atoms. The van der Waals surface area contributed by atoms with E-state index in [9.17, 15) is 22.8 Å². The first-order valence-electron chi connectivity index (χ1n) is 10.0. The average Bonchev–Trinajstić information content (AvgIpc) is 2.92. The van der Waals surface area contributed by atoms with E-state index < -0.39 is 34.4 Å². The largest absolute Gasteiger partial charge is 0.352 e.